The van der Waals surface area contributed by atoms with Crippen LogP contribution in [0.15, 0.2) is 24.3 Å². The number of carbonyl (C=O) groups excluding carboxylic acids is 1. The molecule has 4 nitrogen and oxygen atoms in total. The van der Waals surface area contributed by atoms with E-state index in [1.165, 1.54) is 0 Å². The summed E-state index contributed by atoms with van der Waals surface area (Å²) < 4.78 is 5.71. The molecule has 1 heterocycles. The largest absolute Gasteiger partial charge is 0.508 e. The lowest BCUT2D eigenvalue weighted by atomic mass is 10.1. The van der Waals surface area contributed by atoms with Crippen molar-refractivity contribution >= 4 is 5.78 Å². The zero-order chi connectivity index (χ0) is 13.5. The Morgan fingerprint density at radius 2 is 1.95 bits per heavy atom. The molecule has 19 heavy (non-hydrogen) atoms. The molecule has 0 radical (unpaired) electrons. The Balaban J connectivity index is 1.65. The molecule has 1 fully saturated rings. The zero-order valence-electron chi connectivity index (χ0n) is 11.1. The van der Waals surface area contributed by atoms with Crippen molar-refractivity contribution in [1.29, 1.82) is 0 Å². The van der Waals surface area contributed by atoms with Crippen molar-refractivity contribution in [3.8, 4) is 5.75 Å². The van der Waals surface area contributed by atoms with E-state index in [2.05, 4.69) is 5.32 Å². The summed E-state index contributed by atoms with van der Waals surface area (Å²) in [6.07, 6.45) is 3.25. The van der Waals surface area contributed by atoms with Crippen LogP contribution in [0.2, 0.25) is 0 Å². The van der Waals surface area contributed by atoms with Gasteiger partial charge in [0.05, 0.1) is 12.7 Å². The average molecular weight is 263 g/mol. The molecule has 0 unspecified atom stereocenters. The predicted octanol–water partition coefficient (Wildman–Crippen LogP) is 1.66. The van der Waals surface area contributed by atoms with Gasteiger partial charge in [0.2, 0.25) is 0 Å². The number of phenolic OH excluding ortho intramolecular Hbond substituents is 1. The van der Waals surface area contributed by atoms with Crippen LogP contribution in [-0.4, -0.2) is 36.7 Å². The van der Waals surface area contributed by atoms with E-state index in [4.69, 9.17) is 9.84 Å². The highest BCUT2D eigenvalue weighted by molar-refractivity contribution is 5.80. The Kier molecular flexibility index (Phi) is 5.36. The number of phenols is 1. The van der Waals surface area contributed by atoms with Crippen molar-refractivity contribution in [3.63, 3.8) is 0 Å². The number of hydrogen-bond acceptors (Lipinski definition) is 4. The molecule has 4 heteroatoms. The second kappa shape index (κ2) is 7.26. The molecule has 1 aromatic carbocycles. The lowest BCUT2D eigenvalue weighted by molar-refractivity contribution is -0.120. The van der Waals surface area contributed by atoms with Gasteiger partial charge < -0.3 is 15.2 Å². The third kappa shape index (κ3) is 5.01. The molecule has 1 aromatic rings. The minimum atomic E-state index is 0.180. The fourth-order valence-corrected chi connectivity index (χ4v) is 2.23. The smallest absolute Gasteiger partial charge is 0.139 e. The molecule has 104 valence electrons. The number of aromatic hydroxyl groups is 1. The first-order valence-corrected chi connectivity index (χ1v) is 6.86. The summed E-state index contributed by atoms with van der Waals surface area (Å²) in [5.41, 5.74) is 0.935. The standard InChI is InChI=1S/C15H21NO3/c17-13-3-1-12(2-4-13)11-14(18)7-10-19-15-5-8-16-9-6-15/h1-4,15-17H,5-11H2. The Morgan fingerprint density at radius 3 is 2.63 bits per heavy atom. The summed E-state index contributed by atoms with van der Waals surface area (Å²) in [5.74, 6) is 0.407. The van der Waals surface area contributed by atoms with Gasteiger partial charge in [0, 0.05) is 12.8 Å². The number of benzene rings is 1. The van der Waals surface area contributed by atoms with E-state index in [-0.39, 0.29) is 11.5 Å². The van der Waals surface area contributed by atoms with Crippen LogP contribution in [0.5, 0.6) is 5.75 Å². The van der Waals surface area contributed by atoms with Gasteiger partial charge in [-0.15, -0.1) is 0 Å². The average Bonchev–Trinajstić information content (AvgIpc) is 2.43. The number of rotatable bonds is 6. The molecule has 0 aliphatic carbocycles. The fraction of sp³-hybridized carbons (Fsp3) is 0.533. The van der Waals surface area contributed by atoms with Crippen molar-refractivity contribution in [2.24, 2.45) is 0 Å². The summed E-state index contributed by atoms with van der Waals surface area (Å²) in [7, 11) is 0. The van der Waals surface area contributed by atoms with Crippen LogP contribution in [0.3, 0.4) is 0 Å². The molecule has 0 bridgehead atoms. The van der Waals surface area contributed by atoms with Gasteiger partial charge >= 0.3 is 0 Å². The lowest BCUT2D eigenvalue weighted by Crippen LogP contribution is -2.32. The van der Waals surface area contributed by atoms with E-state index >= 15 is 0 Å². The number of Topliss-reactive ketones (excluding diaryl/α,β-unsaturated/α-hetero) is 1. The van der Waals surface area contributed by atoms with Gasteiger partial charge in [0.1, 0.15) is 11.5 Å². The SMILES string of the molecule is O=C(CCOC1CCNCC1)Cc1ccc(O)cc1. The molecular formula is C15H21NO3. The van der Waals surface area contributed by atoms with Crippen LogP contribution >= 0.6 is 0 Å². The summed E-state index contributed by atoms with van der Waals surface area (Å²) in [6.45, 7) is 2.53. The van der Waals surface area contributed by atoms with Crippen LogP contribution in [0.25, 0.3) is 0 Å². The van der Waals surface area contributed by atoms with Gasteiger partial charge in [-0.3, -0.25) is 4.79 Å². The lowest BCUT2D eigenvalue weighted by Gasteiger charge is -2.22. The Bertz CT molecular complexity index is 396. The number of ether oxygens (including phenoxy) is 1. The molecule has 2 N–H and O–H groups in total. The van der Waals surface area contributed by atoms with Crippen molar-refractivity contribution in [2.45, 2.75) is 31.8 Å². The van der Waals surface area contributed by atoms with Gasteiger partial charge in [0.15, 0.2) is 0 Å². The predicted molar refractivity (Wildman–Crippen MR) is 73.3 cm³/mol. The van der Waals surface area contributed by atoms with E-state index in [9.17, 15) is 4.79 Å². The summed E-state index contributed by atoms with van der Waals surface area (Å²) >= 11 is 0. The van der Waals surface area contributed by atoms with E-state index in [0.717, 1.165) is 31.5 Å². The molecule has 1 aliphatic rings. The highest BCUT2D eigenvalue weighted by Crippen LogP contribution is 2.11. The normalized spacial score (nSPS) is 16.4. The Morgan fingerprint density at radius 1 is 1.26 bits per heavy atom. The number of piperidine rings is 1. The molecule has 2 rings (SSSR count). The highest BCUT2D eigenvalue weighted by atomic mass is 16.5. The summed E-state index contributed by atoms with van der Waals surface area (Å²) in [5, 5.41) is 12.5. The second-order valence-electron chi connectivity index (χ2n) is 4.95. The van der Waals surface area contributed by atoms with Crippen LogP contribution in [-0.2, 0) is 16.0 Å². The first kappa shape index (κ1) is 14.0. The summed E-state index contributed by atoms with van der Waals surface area (Å²) in [4.78, 5) is 11.8. The van der Waals surface area contributed by atoms with Gasteiger partial charge in [-0.25, -0.2) is 0 Å². The van der Waals surface area contributed by atoms with Gasteiger partial charge in [-0.2, -0.15) is 0 Å². The first-order chi connectivity index (χ1) is 9.24. The first-order valence-electron chi connectivity index (χ1n) is 6.86. The Labute approximate surface area is 113 Å². The van der Waals surface area contributed by atoms with Crippen molar-refractivity contribution in [2.75, 3.05) is 19.7 Å². The van der Waals surface area contributed by atoms with Crippen LogP contribution < -0.4 is 5.32 Å². The molecule has 0 aromatic heterocycles. The molecule has 0 saturated carbocycles. The van der Waals surface area contributed by atoms with Crippen molar-refractivity contribution in [3.05, 3.63) is 29.8 Å². The van der Waals surface area contributed by atoms with E-state index in [1.807, 2.05) is 0 Å². The molecular weight excluding hydrogens is 242 g/mol. The Hall–Kier alpha value is -1.39. The second-order valence-corrected chi connectivity index (χ2v) is 4.95. The quantitative estimate of drug-likeness (QED) is 0.819. The number of ketones is 1. The van der Waals surface area contributed by atoms with Crippen molar-refractivity contribution in [1.82, 2.24) is 5.32 Å². The maximum Gasteiger partial charge on any atom is 0.139 e. The third-order valence-electron chi connectivity index (χ3n) is 3.36. The van der Waals surface area contributed by atoms with Crippen molar-refractivity contribution < 1.29 is 14.6 Å². The highest BCUT2D eigenvalue weighted by Gasteiger charge is 2.13. The molecule has 0 spiro atoms. The zero-order valence-corrected chi connectivity index (χ0v) is 11.1. The minimum Gasteiger partial charge on any atom is -0.508 e. The fourth-order valence-electron chi connectivity index (χ4n) is 2.23. The minimum absolute atomic E-state index is 0.180. The van der Waals surface area contributed by atoms with E-state index in [1.54, 1.807) is 24.3 Å². The third-order valence-corrected chi connectivity index (χ3v) is 3.36. The van der Waals surface area contributed by atoms with Gasteiger partial charge in [-0.1, -0.05) is 12.1 Å². The number of carbonyl (C=O) groups is 1. The van der Waals surface area contributed by atoms with Gasteiger partial charge in [-0.05, 0) is 43.6 Å². The summed E-state index contributed by atoms with van der Waals surface area (Å²) in [6, 6.07) is 6.77. The molecule has 0 amide bonds. The van der Waals surface area contributed by atoms with E-state index < -0.39 is 0 Å². The maximum atomic E-state index is 11.8. The van der Waals surface area contributed by atoms with Crippen LogP contribution in [0.4, 0.5) is 0 Å². The number of nitrogens with one attached hydrogen (secondary N) is 1. The van der Waals surface area contributed by atoms with E-state index in [0.29, 0.717) is 25.6 Å². The van der Waals surface area contributed by atoms with Crippen LogP contribution in [0, 0.1) is 0 Å². The van der Waals surface area contributed by atoms with Gasteiger partial charge in [0.25, 0.3) is 0 Å². The van der Waals surface area contributed by atoms with Crippen LogP contribution in [0.1, 0.15) is 24.8 Å². The maximum absolute atomic E-state index is 11.8. The molecule has 1 aliphatic heterocycles. The molecule has 1 saturated heterocycles. The molecule has 0 atom stereocenters. The topological polar surface area (TPSA) is 58.6 Å². The monoisotopic (exact) mass is 263 g/mol. The number of hydrogen-bond donors (Lipinski definition) is 2.